The third-order valence-corrected chi connectivity index (χ3v) is 5.59. The first-order chi connectivity index (χ1) is 14.0. The van der Waals surface area contributed by atoms with Gasteiger partial charge >= 0.3 is 5.97 Å². The van der Waals surface area contributed by atoms with Crippen molar-refractivity contribution in [2.45, 2.75) is 18.7 Å². The number of nitrogens with zero attached hydrogens (tertiary/aromatic N) is 2. The second-order valence-corrected chi connectivity index (χ2v) is 7.31. The highest BCUT2D eigenvalue weighted by atomic mass is 32.2. The van der Waals surface area contributed by atoms with Crippen molar-refractivity contribution in [2.24, 2.45) is 0 Å². The number of benzene rings is 2. The Kier molecular flexibility index (Phi) is 6.72. The lowest BCUT2D eigenvalue weighted by Gasteiger charge is -2.08. The number of aromatic nitrogens is 2. The van der Waals surface area contributed by atoms with Crippen LogP contribution in [0.2, 0.25) is 0 Å². The molecule has 1 heterocycles. The van der Waals surface area contributed by atoms with Crippen molar-refractivity contribution in [1.82, 2.24) is 9.78 Å². The molecule has 0 fully saturated rings. The maximum absolute atomic E-state index is 12.3. The summed E-state index contributed by atoms with van der Waals surface area (Å²) in [7, 11) is 1.50. The summed E-state index contributed by atoms with van der Waals surface area (Å²) in [5, 5.41) is 4.57. The number of para-hydroxylation sites is 2. The normalized spacial score (nSPS) is 10.6. The van der Waals surface area contributed by atoms with Crippen molar-refractivity contribution in [3.63, 3.8) is 0 Å². The molecule has 0 saturated heterocycles. The molecule has 150 valence electrons. The minimum Gasteiger partial charge on any atom is -0.496 e. The number of ether oxygens (including phenoxy) is 2. The zero-order valence-electron chi connectivity index (χ0n) is 16.5. The number of hydrogen-bond donors (Lipinski definition) is 0. The lowest BCUT2D eigenvalue weighted by Crippen LogP contribution is -2.16. The summed E-state index contributed by atoms with van der Waals surface area (Å²) in [5.74, 6) is -0.196. The fourth-order valence-corrected chi connectivity index (χ4v) is 3.82. The Morgan fingerprint density at radius 1 is 1.03 bits per heavy atom. The van der Waals surface area contributed by atoms with Gasteiger partial charge in [0.05, 0.1) is 40.4 Å². The molecule has 0 saturated carbocycles. The van der Waals surface area contributed by atoms with Crippen LogP contribution in [0.3, 0.4) is 0 Å². The van der Waals surface area contributed by atoms with E-state index in [4.69, 9.17) is 9.47 Å². The summed E-state index contributed by atoms with van der Waals surface area (Å²) < 4.78 is 12.2. The summed E-state index contributed by atoms with van der Waals surface area (Å²) in [6.45, 7) is 3.55. The van der Waals surface area contributed by atoms with Crippen LogP contribution in [0.4, 0.5) is 0 Å². The Balaban J connectivity index is 1.59. The summed E-state index contributed by atoms with van der Waals surface area (Å²) in [6.07, 6.45) is 0. The molecule has 0 spiro atoms. The van der Waals surface area contributed by atoms with Gasteiger partial charge < -0.3 is 9.47 Å². The SMILES string of the molecule is COc1ccccc1C(=O)COC(=O)CSc1c(C)nn(-c2ccccc2)c1C. The molecule has 6 nitrogen and oxygen atoms in total. The van der Waals surface area contributed by atoms with Crippen LogP contribution in [0.1, 0.15) is 21.7 Å². The van der Waals surface area contributed by atoms with Gasteiger partial charge in [0.1, 0.15) is 5.75 Å². The first-order valence-electron chi connectivity index (χ1n) is 9.07. The number of Topliss-reactive ketones (excluding diaryl/α,β-unsaturated/α-hetero) is 1. The Labute approximate surface area is 173 Å². The fourth-order valence-electron chi connectivity index (χ4n) is 2.93. The lowest BCUT2D eigenvalue weighted by atomic mass is 10.1. The van der Waals surface area contributed by atoms with Crippen LogP contribution in [-0.2, 0) is 9.53 Å². The third kappa shape index (κ3) is 4.86. The van der Waals surface area contributed by atoms with Gasteiger partial charge in [0, 0.05) is 0 Å². The van der Waals surface area contributed by atoms with Crippen LogP contribution in [0.25, 0.3) is 5.69 Å². The van der Waals surface area contributed by atoms with Crippen molar-refractivity contribution in [3.05, 3.63) is 71.5 Å². The highest BCUT2D eigenvalue weighted by Crippen LogP contribution is 2.28. The molecule has 0 N–H and O–H groups in total. The first-order valence-corrected chi connectivity index (χ1v) is 10.1. The molecule has 0 bridgehead atoms. The smallest absolute Gasteiger partial charge is 0.316 e. The fraction of sp³-hybridized carbons (Fsp3) is 0.227. The van der Waals surface area contributed by atoms with E-state index in [0.29, 0.717) is 11.3 Å². The molecule has 3 rings (SSSR count). The zero-order valence-corrected chi connectivity index (χ0v) is 17.4. The van der Waals surface area contributed by atoms with Crippen LogP contribution in [0, 0.1) is 13.8 Å². The maximum atomic E-state index is 12.3. The van der Waals surface area contributed by atoms with E-state index >= 15 is 0 Å². The van der Waals surface area contributed by atoms with Gasteiger partial charge in [0.25, 0.3) is 0 Å². The number of methoxy groups -OCH3 is 1. The predicted octanol–water partition coefficient (Wildman–Crippen LogP) is 4.02. The standard InChI is InChI=1S/C22H22N2O4S/c1-15-22(16(2)24(23-15)17-9-5-4-6-10-17)29-14-21(26)28-13-19(25)18-11-7-8-12-20(18)27-3/h4-12H,13-14H2,1-3H3. The van der Waals surface area contributed by atoms with E-state index in [9.17, 15) is 9.59 Å². The number of hydrogen-bond acceptors (Lipinski definition) is 6. The van der Waals surface area contributed by atoms with Gasteiger partial charge in [-0.1, -0.05) is 30.3 Å². The van der Waals surface area contributed by atoms with Crippen molar-refractivity contribution >= 4 is 23.5 Å². The van der Waals surface area contributed by atoms with Gasteiger partial charge in [0.2, 0.25) is 5.78 Å². The molecule has 0 aliphatic heterocycles. The Morgan fingerprint density at radius 2 is 1.72 bits per heavy atom. The van der Waals surface area contributed by atoms with Gasteiger partial charge in [-0.2, -0.15) is 5.10 Å². The highest BCUT2D eigenvalue weighted by Gasteiger charge is 2.17. The average molecular weight is 410 g/mol. The number of ketones is 1. The molecule has 0 aliphatic carbocycles. The van der Waals surface area contributed by atoms with Gasteiger partial charge in [-0.3, -0.25) is 9.59 Å². The molecular weight excluding hydrogens is 388 g/mol. The monoisotopic (exact) mass is 410 g/mol. The zero-order chi connectivity index (χ0) is 20.8. The molecule has 0 amide bonds. The van der Waals surface area contributed by atoms with Gasteiger partial charge in [-0.15, -0.1) is 11.8 Å². The van der Waals surface area contributed by atoms with E-state index in [1.807, 2.05) is 48.9 Å². The van der Waals surface area contributed by atoms with Crippen molar-refractivity contribution in [3.8, 4) is 11.4 Å². The molecule has 0 atom stereocenters. The molecule has 1 aromatic heterocycles. The van der Waals surface area contributed by atoms with Gasteiger partial charge in [-0.25, -0.2) is 4.68 Å². The summed E-state index contributed by atoms with van der Waals surface area (Å²) >= 11 is 1.36. The predicted molar refractivity (Wildman–Crippen MR) is 112 cm³/mol. The van der Waals surface area contributed by atoms with Gasteiger partial charge in [-0.05, 0) is 38.1 Å². The lowest BCUT2D eigenvalue weighted by molar-refractivity contribution is -0.139. The van der Waals surface area contributed by atoms with Crippen LogP contribution in [0.5, 0.6) is 5.75 Å². The average Bonchev–Trinajstić information content (AvgIpc) is 3.04. The molecular formula is C22H22N2O4S. The molecule has 29 heavy (non-hydrogen) atoms. The minimum atomic E-state index is -0.454. The Morgan fingerprint density at radius 3 is 2.45 bits per heavy atom. The van der Waals surface area contributed by atoms with E-state index in [1.165, 1.54) is 18.9 Å². The Hall–Kier alpha value is -3.06. The first kappa shape index (κ1) is 20.7. The Bertz CT molecular complexity index is 1010. The van der Waals surface area contributed by atoms with Crippen LogP contribution < -0.4 is 4.74 Å². The number of thioether (sulfide) groups is 1. The molecule has 3 aromatic rings. The largest absolute Gasteiger partial charge is 0.496 e. The minimum absolute atomic E-state index is 0.0986. The van der Waals surface area contributed by atoms with E-state index in [0.717, 1.165) is 22.0 Å². The van der Waals surface area contributed by atoms with Crippen molar-refractivity contribution < 1.29 is 19.1 Å². The van der Waals surface area contributed by atoms with Crippen LogP contribution >= 0.6 is 11.8 Å². The molecule has 0 radical (unpaired) electrons. The van der Waals surface area contributed by atoms with Crippen LogP contribution in [0.15, 0.2) is 59.5 Å². The van der Waals surface area contributed by atoms with Crippen LogP contribution in [-0.4, -0.2) is 41.0 Å². The number of aryl methyl sites for hydroxylation is 1. The second-order valence-electron chi connectivity index (χ2n) is 6.32. The quantitative estimate of drug-likeness (QED) is 0.317. The number of carbonyl (C=O) groups is 2. The maximum Gasteiger partial charge on any atom is 0.316 e. The third-order valence-electron chi connectivity index (χ3n) is 4.33. The number of esters is 1. The topological polar surface area (TPSA) is 70.4 Å². The van der Waals surface area contributed by atoms with Crippen molar-refractivity contribution in [2.75, 3.05) is 19.5 Å². The van der Waals surface area contributed by atoms with E-state index in [2.05, 4.69) is 5.10 Å². The molecule has 0 aliphatic rings. The summed E-state index contributed by atoms with van der Waals surface area (Å²) in [4.78, 5) is 25.4. The second kappa shape index (κ2) is 9.43. The number of rotatable bonds is 8. The number of carbonyl (C=O) groups excluding carboxylic acids is 2. The van der Waals surface area contributed by atoms with E-state index in [-0.39, 0.29) is 18.1 Å². The molecule has 7 heteroatoms. The van der Waals surface area contributed by atoms with E-state index in [1.54, 1.807) is 24.3 Å². The highest BCUT2D eigenvalue weighted by molar-refractivity contribution is 8.00. The van der Waals surface area contributed by atoms with Crippen molar-refractivity contribution in [1.29, 1.82) is 0 Å². The molecule has 2 aromatic carbocycles. The summed E-state index contributed by atoms with van der Waals surface area (Å²) in [5.41, 5.74) is 3.15. The summed E-state index contributed by atoms with van der Waals surface area (Å²) in [6, 6.07) is 16.7. The molecule has 0 unspecified atom stereocenters. The van der Waals surface area contributed by atoms with Gasteiger partial charge in [0.15, 0.2) is 6.61 Å². The van der Waals surface area contributed by atoms with E-state index < -0.39 is 5.97 Å².